The van der Waals surface area contributed by atoms with Crippen LogP contribution in [0.2, 0.25) is 0 Å². The van der Waals surface area contributed by atoms with Crippen molar-refractivity contribution < 1.29 is 23.1 Å². The number of aromatic nitrogens is 1. The summed E-state index contributed by atoms with van der Waals surface area (Å²) in [6, 6.07) is 5.17. The Morgan fingerprint density at radius 1 is 1.32 bits per heavy atom. The van der Waals surface area contributed by atoms with Crippen molar-refractivity contribution in [1.82, 2.24) is 4.98 Å². The lowest BCUT2D eigenvalue weighted by atomic mass is 10.1. The number of benzene rings is 1. The molecule has 25 heavy (non-hydrogen) atoms. The van der Waals surface area contributed by atoms with Gasteiger partial charge in [0.05, 0.1) is 29.5 Å². The molecule has 0 radical (unpaired) electrons. The van der Waals surface area contributed by atoms with Crippen LogP contribution in [0.5, 0.6) is 0 Å². The zero-order valence-electron chi connectivity index (χ0n) is 14.0. The number of nitrogens with zero attached hydrogens (tertiary/aromatic N) is 2. The third-order valence-electron chi connectivity index (χ3n) is 3.19. The molecule has 7 heteroatoms. The van der Waals surface area contributed by atoms with Crippen molar-refractivity contribution in [3.8, 4) is 6.07 Å². The SMILES string of the molecule is CCOC(=O)c1c(C=O)ccnc1C.Cc1c(F)cc(C#N)cc1F. The highest BCUT2D eigenvalue weighted by Crippen LogP contribution is 2.13. The molecule has 0 aliphatic heterocycles. The van der Waals surface area contributed by atoms with Crippen LogP contribution in [0.4, 0.5) is 8.78 Å². The van der Waals surface area contributed by atoms with Crippen molar-refractivity contribution in [3.63, 3.8) is 0 Å². The maximum Gasteiger partial charge on any atom is 0.340 e. The Labute approximate surface area is 143 Å². The largest absolute Gasteiger partial charge is 0.462 e. The molecule has 5 nitrogen and oxygen atoms in total. The Kier molecular flexibility index (Phi) is 7.35. The van der Waals surface area contributed by atoms with Gasteiger partial charge in [0.15, 0.2) is 6.29 Å². The second-order valence-corrected chi connectivity index (χ2v) is 4.88. The fraction of sp³-hybridized carbons (Fsp3) is 0.222. The fourth-order valence-corrected chi connectivity index (χ4v) is 1.86. The first-order chi connectivity index (χ1) is 11.8. The van der Waals surface area contributed by atoms with E-state index in [1.54, 1.807) is 19.9 Å². The predicted octanol–water partition coefficient (Wildman–Crippen LogP) is 3.52. The molecule has 2 rings (SSSR count). The van der Waals surface area contributed by atoms with Crippen molar-refractivity contribution in [2.24, 2.45) is 0 Å². The minimum Gasteiger partial charge on any atom is -0.462 e. The van der Waals surface area contributed by atoms with Crippen LogP contribution in [0.15, 0.2) is 24.4 Å². The van der Waals surface area contributed by atoms with Gasteiger partial charge in [-0.3, -0.25) is 9.78 Å². The Bertz CT molecular complexity index is 807. The molecule has 0 unspecified atom stereocenters. The Hall–Kier alpha value is -3.14. The van der Waals surface area contributed by atoms with Gasteiger partial charge in [0.1, 0.15) is 11.6 Å². The van der Waals surface area contributed by atoms with Crippen LogP contribution in [-0.4, -0.2) is 23.8 Å². The van der Waals surface area contributed by atoms with Crippen LogP contribution in [0.1, 0.15) is 44.5 Å². The highest BCUT2D eigenvalue weighted by Gasteiger charge is 2.15. The van der Waals surface area contributed by atoms with Gasteiger partial charge in [0.25, 0.3) is 0 Å². The van der Waals surface area contributed by atoms with Gasteiger partial charge >= 0.3 is 5.97 Å². The summed E-state index contributed by atoms with van der Waals surface area (Å²) in [5, 5.41) is 8.29. The molecule has 0 aliphatic carbocycles. The van der Waals surface area contributed by atoms with E-state index in [0.29, 0.717) is 17.5 Å². The third kappa shape index (κ3) is 5.18. The van der Waals surface area contributed by atoms with Crippen LogP contribution in [0.25, 0.3) is 0 Å². The monoisotopic (exact) mass is 346 g/mol. The van der Waals surface area contributed by atoms with Gasteiger partial charge in [-0.15, -0.1) is 0 Å². The van der Waals surface area contributed by atoms with Crippen LogP contribution < -0.4 is 0 Å². The van der Waals surface area contributed by atoms with Crippen molar-refractivity contribution in [2.75, 3.05) is 6.61 Å². The summed E-state index contributed by atoms with van der Waals surface area (Å²) in [5.74, 6) is -1.86. The number of hydrogen-bond donors (Lipinski definition) is 0. The smallest absolute Gasteiger partial charge is 0.340 e. The van der Waals surface area contributed by atoms with E-state index in [4.69, 9.17) is 10.00 Å². The molecule has 0 saturated heterocycles. The summed E-state index contributed by atoms with van der Waals surface area (Å²) in [7, 11) is 0. The van der Waals surface area contributed by atoms with E-state index >= 15 is 0 Å². The zero-order chi connectivity index (χ0) is 19.0. The van der Waals surface area contributed by atoms with E-state index in [0.717, 1.165) is 12.1 Å². The number of hydrogen-bond acceptors (Lipinski definition) is 5. The zero-order valence-corrected chi connectivity index (χ0v) is 14.0. The molecule has 1 aromatic carbocycles. The lowest BCUT2D eigenvalue weighted by molar-refractivity contribution is 0.0522. The number of halogens is 2. The molecule has 0 aliphatic rings. The van der Waals surface area contributed by atoms with Crippen molar-refractivity contribution in [2.45, 2.75) is 20.8 Å². The number of rotatable bonds is 3. The van der Waals surface area contributed by atoms with Crippen LogP contribution in [0.3, 0.4) is 0 Å². The predicted molar refractivity (Wildman–Crippen MR) is 86.1 cm³/mol. The molecule has 0 bridgehead atoms. The Morgan fingerprint density at radius 3 is 2.40 bits per heavy atom. The van der Waals surface area contributed by atoms with Crippen LogP contribution >= 0.6 is 0 Å². The first kappa shape index (κ1) is 19.9. The first-order valence-electron chi connectivity index (χ1n) is 7.29. The highest BCUT2D eigenvalue weighted by atomic mass is 19.1. The number of ether oxygens (including phenoxy) is 1. The number of esters is 1. The summed E-state index contributed by atoms with van der Waals surface area (Å²) in [6.45, 7) is 4.99. The van der Waals surface area contributed by atoms with Crippen molar-refractivity contribution >= 4 is 12.3 Å². The maximum atomic E-state index is 12.6. The minimum atomic E-state index is -0.679. The molecule has 0 saturated carbocycles. The van der Waals surface area contributed by atoms with E-state index in [9.17, 15) is 18.4 Å². The van der Waals surface area contributed by atoms with Gasteiger partial charge in [-0.05, 0) is 39.0 Å². The maximum absolute atomic E-state index is 12.6. The quantitative estimate of drug-likeness (QED) is 0.627. The molecule has 1 aromatic heterocycles. The number of carbonyl (C=O) groups excluding carboxylic acids is 2. The van der Waals surface area contributed by atoms with E-state index in [2.05, 4.69) is 4.98 Å². The molecule has 0 spiro atoms. The summed E-state index contributed by atoms with van der Waals surface area (Å²) < 4.78 is 30.1. The lowest BCUT2D eigenvalue weighted by Gasteiger charge is -2.06. The van der Waals surface area contributed by atoms with Crippen molar-refractivity contribution in [1.29, 1.82) is 5.26 Å². The minimum absolute atomic E-state index is 0.00519. The topological polar surface area (TPSA) is 80.1 Å². The highest BCUT2D eigenvalue weighted by molar-refractivity contribution is 5.99. The van der Waals surface area contributed by atoms with Crippen molar-refractivity contribution in [3.05, 3.63) is 64.0 Å². The van der Waals surface area contributed by atoms with Gasteiger partial charge in [0.2, 0.25) is 0 Å². The van der Waals surface area contributed by atoms with Crippen LogP contribution in [0, 0.1) is 36.8 Å². The molecular formula is C18H16F2N2O3. The van der Waals surface area contributed by atoms with Gasteiger partial charge in [-0.25, -0.2) is 13.6 Å². The summed E-state index contributed by atoms with van der Waals surface area (Å²) in [4.78, 5) is 26.0. The molecule has 0 N–H and O–H groups in total. The normalized spacial score (nSPS) is 9.44. The molecule has 2 aromatic rings. The standard InChI is InChI=1S/C10H11NO3.C8H5F2N/c1-3-14-10(13)9-7(2)11-5-4-8(9)6-12;1-5-7(9)2-6(4-11)3-8(5)10/h4-6H,3H2,1-2H3;2-3H,1H3. The number of aldehydes is 1. The molecular weight excluding hydrogens is 330 g/mol. The summed E-state index contributed by atoms with van der Waals surface area (Å²) >= 11 is 0. The van der Waals surface area contributed by atoms with Gasteiger partial charge in [-0.2, -0.15) is 5.26 Å². The fourth-order valence-electron chi connectivity index (χ4n) is 1.86. The van der Waals surface area contributed by atoms with Crippen LogP contribution in [-0.2, 0) is 4.74 Å². The summed E-state index contributed by atoms with van der Waals surface area (Å²) in [5.41, 5.74) is 1.03. The van der Waals surface area contributed by atoms with Gasteiger partial charge in [0, 0.05) is 17.3 Å². The Morgan fingerprint density at radius 2 is 1.92 bits per heavy atom. The van der Waals surface area contributed by atoms with E-state index in [1.807, 2.05) is 0 Å². The number of carbonyl (C=O) groups is 2. The average Bonchev–Trinajstić information content (AvgIpc) is 2.59. The third-order valence-corrected chi connectivity index (χ3v) is 3.19. The second-order valence-electron chi connectivity index (χ2n) is 4.88. The first-order valence-corrected chi connectivity index (χ1v) is 7.29. The molecule has 1 heterocycles. The molecule has 0 atom stereocenters. The number of nitriles is 1. The summed E-state index contributed by atoms with van der Waals surface area (Å²) in [6.07, 6.45) is 2.11. The van der Waals surface area contributed by atoms with E-state index < -0.39 is 17.6 Å². The van der Waals surface area contributed by atoms with Gasteiger partial charge < -0.3 is 4.74 Å². The number of aryl methyl sites for hydroxylation is 1. The van der Waals surface area contributed by atoms with Gasteiger partial charge in [-0.1, -0.05) is 0 Å². The lowest BCUT2D eigenvalue weighted by Crippen LogP contribution is -2.11. The number of pyridine rings is 1. The van der Waals surface area contributed by atoms with E-state index in [-0.39, 0.29) is 23.3 Å². The second kappa shape index (κ2) is 9.23. The molecule has 0 fully saturated rings. The average molecular weight is 346 g/mol. The molecule has 0 amide bonds. The molecule has 130 valence electrons. The van der Waals surface area contributed by atoms with E-state index in [1.165, 1.54) is 19.2 Å². The Balaban J connectivity index is 0.000000257.